The molecule has 2 unspecified atom stereocenters. The Hall–Kier alpha value is -1.07. The Kier molecular flexibility index (Phi) is 4.58. The summed E-state index contributed by atoms with van der Waals surface area (Å²) < 4.78 is 0. The normalized spacial score (nSPS) is 14.3. The molecule has 0 radical (unpaired) electrons. The number of thiophene rings is 1. The van der Waals surface area contributed by atoms with E-state index in [4.69, 9.17) is 5.53 Å². The molecule has 0 aromatic carbocycles. The van der Waals surface area contributed by atoms with Crippen LogP contribution in [0, 0.1) is 6.92 Å². The molecule has 0 amide bonds. The zero-order valence-corrected chi connectivity index (χ0v) is 9.18. The van der Waals surface area contributed by atoms with Gasteiger partial charge in [-0.2, -0.15) is 11.3 Å². The van der Waals surface area contributed by atoms with Crippen molar-refractivity contribution < 1.29 is 10.2 Å². The fourth-order valence-electron chi connectivity index (χ4n) is 1.27. The highest BCUT2D eigenvalue weighted by Gasteiger charge is 2.19. The molecule has 0 saturated carbocycles. The predicted octanol–water partition coefficient (Wildman–Crippen LogP) is 2.15. The van der Waals surface area contributed by atoms with Crippen molar-refractivity contribution in [3.05, 3.63) is 32.3 Å². The van der Waals surface area contributed by atoms with Gasteiger partial charge in [0.2, 0.25) is 0 Å². The molecule has 2 atom stereocenters. The van der Waals surface area contributed by atoms with E-state index in [2.05, 4.69) is 10.0 Å². The van der Waals surface area contributed by atoms with Crippen LogP contribution in [0.1, 0.15) is 23.7 Å². The molecule has 0 fully saturated rings. The molecule has 6 heteroatoms. The first-order valence-electron chi connectivity index (χ1n) is 4.56. The average molecular weight is 227 g/mol. The van der Waals surface area contributed by atoms with E-state index in [0.29, 0.717) is 0 Å². The molecule has 15 heavy (non-hydrogen) atoms. The molecule has 1 aromatic rings. The van der Waals surface area contributed by atoms with Crippen LogP contribution in [0.2, 0.25) is 0 Å². The second-order valence-electron chi connectivity index (χ2n) is 3.27. The van der Waals surface area contributed by atoms with E-state index in [-0.39, 0.29) is 13.0 Å². The van der Waals surface area contributed by atoms with Crippen molar-refractivity contribution in [3.8, 4) is 0 Å². The summed E-state index contributed by atoms with van der Waals surface area (Å²) in [5.41, 5.74) is 9.77. The smallest absolute Gasteiger partial charge is 0.106 e. The van der Waals surface area contributed by atoms with Gasteiger partial charge >= 0.3 is 0 Å². The number of nitrogens with zero attached hydrogens (tertiary/aromatic N) is 3. The third-order valence-corrected chi connectivity index (χ3v) is 3.05. The summed E-state index contributed by atoms with van der Waals surface area (Å²) in [6.45, 7) is 2.08. The number of aliphatic hydroxyl groups is 2. The molecule has 0 aliphatic rings. The Labute approximate surface area is 91.6 Å². The van der Waals surface area contributed by atoms with Crippen LogP contribution in [-0.2, 0) is 0 Å². The van der Waals surface area contributed by atoms with Crippen LogP contribution in [-0.4, -0.2) is 22.9 Å². The van der Waals surface area contributed by atoms with Crippen molar-refractivity contribution in [1.29, 1.82) is 0 Å². The molecule has 2 N–H and O–H groups in total. The Bertz CT molecular complexity index is 360. The first kappa shape index (κ1) is 12.0. The second-order valence-corrected chi connectivity index (χ2v) is 4.01. The van der Waals surface area contributed by atoms with E-state index in [1.807, 2.05) is 17.7 Å². The number of azide groups is 1. The summed E-state index contributed by atoms with van der Waals surface area (Å²) in [6, 6.07) is 0. The molecule has 0 saturated heterocycles. The molecule has 0 bridgehead atoms. The van der Waals surface area contributed by atoms with Crippen molar-refractivity contribution in [2.45, 2.75) is 25.6 Å². The third-order valence-electron chi connectivity index (χ3n) is 2.17. The van der Waals surface area contributed by atoms with Crippen LogP contribution < -0.4 is 0 Å². The predicted molar refractivity (Wildman–Crippen MR) is 58.7 cm³/mol. The van der Waals surface area contributed by atoms with Crippen LogP contribution in [0.5, 0.6) is 0 Å². The van der Waals surface area contributed by atoms with Gasteiger partial charge in [-0.25, -0.2) is 0 Å². The van der Waals surface area contributed by atoms with Gasteiger partial charge < -0.3 is 10.2 Å². The van der Waals surface area contributed by atoms with E-state index in [9.17, 15) is 10.2 Å². The lowest BCUT2D eigenvalue weighted by molar-refractivity contribution is 0.0149. The van der Waals surface area contributed by atoms with E-state index in [1.165, 1.54) is 11.3 Å². The molecule has 5 nitrogen and oxygen atoms in total. The molecule has 1 heterocycles. The molecule has 1 rings (SSSR count). The highest BCUT2D eigenvalue weighted by Crippen LogP contribution is 2.25. The van der Waals surface area contributed by atoms with Gasteiger partial charge in [-0.15, -0.1) is 0 Å². The van der Waals surface area contributed by atoms with Crippen molar-refractivity contribution >= 4 is 11.3 Å². The maximum absolute atomic E-state index is 9.78. The summed E-state index contributed by atoms with van der Waals surface area (Å²) >= 11 is 1.49. The molecule has 0 aliphatic carbocycles. The summed E-state index contributed by atoms with van der Waals surface area (Å²) in [6.07, 6.45) is -1.52. The number of aliphatic hydroxyl groups excluding tert-OH is 2. The number of hydrogen-bond acceptors (Lipinski definition) is 4. The highest BCUT2D eigenvalue weighted by atomic mass is 32.1. The minimum Gasteiger partial charge on any atom is -0.390 e. The van der Waals surface area contributed by atoms with Crippen molar-refractivity contribution in [3.63, 3.8) is 0 Å². The van der Waals surface area contributed by atoms with Gasteiger partial charge in [0.05, 0.1) is 6.10 Å². The quantitative estimate of drug-likeness (QED) is 0.458. The topological polar surface area (TPSA) is 89.2 Å². The van der Waals surface area contributed by atoms with Crippen LogP contribution in [0.15, 0.2) is 15.9 Å². The fourth-order valence-corrected chi connectivity index (χ4v) is 2.15. The average Bonchev–Trinajstić information content (AvgIpc) is 2.63. The SMILES string of the molecule is Cc1cscc1C(O)C(O)CCN=[N+]=[N-]. The molecule has 0 spiro atoms. The number of hydrogen-bond donors (Lipinski definition) is 2. The van der Waals surface area contributed by atoms with Gasteiger partial charge in [0.1, 0.15) is 6.10 Å². The van der Waals surface area contributed by atoms with Gasteiger partial charge in [-0.3, -0.25) is 0 Å². The molecule has 1 aromatic heterocycles. The van der Waals surface area contributed by atoms with Gasteiger partial charge in [0.15, 0.2) is 0 Å². The molecule has 82 valence electrons. The lowest BCUT2D eigenvalue weighted by atomic mass is 10.0. The Morgan fingerprint density at radius 3 is 2.80 bits per heavy atom. The van der Waals surface area contributed by atoms with Gasteiger partial charge in [-0.05, 0) is 40.8 Å². The lowest BCUT2D eigenvalue weighted by Crippen LogP contribution is -2.19. The molecular weight excluding hydrogens is 214 g/mol. The largest absolute Gasteiger partial charge is 0.390 e. The van der Waals surface area contributed by atoms with Crippen molar-refractivity contribution in [2.24, 2.45) is 5.11 Å². The second kappa shape index (κ2) is 5.72. The maximum Gasteiger partial charge on any atom is 0.106 e. The zero-order chi connectivity index (χ0) is 11.3. The zero-order valence-electron chi connectivity index (χ0n) is 8.37. The van der Waals surface area contributed by atoms with Crippen LogP contribution in [0.4, 0.5) is 0 Å². The van der Waals surface area contributed by atoms with Gasteiger partial charge in [-0.1, -0.05) is 5.11 Å². The molecule has 0 aliphatic heterocycles. The van der Waals surface area contributed by atoms with Gasteiger partial charge in [0.25, 0.3) is 0 Å². The third kappa shape index (κ3) is 3.21. The fraction of sp³-hybridized carbons (Fsp3) is 0.556. The van der Waals surface area contributed by atoms with E-state index in [0.717, 1.165) is 11.1 Å². The Morgan fingerprint density at radius 1 is 1.53 bits per heavy atom. The Balaban J connectivity index is 2.56. The maximum atomic E-state index is 9.78. The monoisotopic (exact) mass is 227 g/mol. The summed E-state index contributed by atoms with van der Waals surface area (Å²) in [5, 5.41) is 26.4. The van der Waals surface area contributed by atoms with Crippen molar-refractivity contribution in [2.75, 3.05) is 6.54 Å². The van der Waals surface area contributed by atoms with Crippen LogP contribution in [0.25, 0.3) is 10.4 Å². The van der Waals surface area contributed by atoms with Crippen LogP contribution >= 0.6 is 11.3 Å². The van der Waals surface area contributed by atoms with Crippen molar-refractivity contribution in [1.82, 2.24) is 0 Å². The van der Waals surface area contributed by atoms with E-state index >= 15 is 0 Å². The standard InChI is InChI=1S/C9H13N3O2S/c1-6-4-15-5-7(6)9(14)8(13)2-3-11-12-10/h4-5,8-9,13-14H,2-3H2,1H3. The first-order valence-corrected chi connectivity index (χ1v) is 5.50. The molecular formula is C9H13N3O2S. The summed E-state index contributed by atoms with van der Waals surface area (Å²) in [4.78, 5) is 2.58. The first-order chi connectivity index (χ1) is 7.16. The minimum absolute atomic E-state index is 0.192. The summed E-state index contributed by atoms with van der Waals surface area (Å²) in [5.74, 6) is 0. The Morgan fingerprint density at radius 2 is 2.27 bits per heavy atom. The highest BCUT2D eigenvalue weighted by molar-refractivity contribution is 7.08. The van der Waals surface area contributed by atoms with Gasteiger partial charge in [0, 0.05) is 11.5 Å². The van der Waals surface area contributed by atoms with E-state index < -0.39 is 12.2 Å². The van der Waals surface area contributed by atoms with Crippen LogP contribution in [0.3, 0.4) is 0 Å². The van der Waals surface area contributed by atoms with E-state index in [1.54, 1.807) is 0 Å². The number of aryl methyl sites for hydroxylation is 1. The minimum atomic E-state index is -0.898. The lowest BCUT2D eigenvalue weighted by Gasteiger charge is -2.16. The summed E-state index contributed by atoms with van der Waals surface area (Å²) in [7, 11) is 0. The number of rotatable bonds is 5.